The molecular weight excluding hydrogens is 244 g/mol. The molecule has 2 atom stereocenters. The first-order valence-electron chi connectivity index (χ1n) is 6.99. The average molecular weight is 266 g/mol. The zero-order valence-corrected chi connectivity index (χ0v) is 11.6. The highest BCUT2D eigenvalue weighted by Crippen LogP contribution is 2.29. The van der Waals surface area contributed by atoms with E-state index in [0.29, 0.717) is 18.2 Å². The highest BCUT2D eigenvalue weighted by molar-refractivity contribution is 5.88. The minimum Gasteiger partial charge on any atom is -0.478 e. The van der Waals surface area contributed by atoms with Gasteiger partial charge in [-0.3, -0.25) is 4.68 Å². The first kappa shape index (κ1) is 14.1. The van der Waals surface area contributed by atoms with Crippen molar-refractivity contribution in [3.8, 4) is 0 Å². The van der Waals surface area contributed by atoms with Gasteiger partial charge in [-0.25, -0.2) is 4.79 Å². The number of rotatable bonds is 5. The van der Waals surface area contributed by atoms with Gasteiger partial charge in [0.25, 0.3) is 0 Å². The summed E-state index contributed by atoms with van der Waals surface area (Å²) in [6.07, 6.45) is 7.57. The predicted octanol–water partition coefficient (Wildman–Crippen LogP) is 2.60. The Morgan fingerprint density at radius 2 is 2.26 bits per heavy atom. The van der Waals surface area contributed by atoms with Gasteiger partial charge in [0.15, 0.2) is 0 Å². The molecule has 1 aliphatic rings. The topological polar surface area (TPSA) is 64.3 Å². The lowest BCUT2D eigenvalue weighted by Crippen LogP contribution is -2.27. The molecule has 0 aromatic carbocycles. The second kappa shape index (κ2) is 6.19. The van der Waals surface area contributed by atoms with Crippen molar-refractivity contribution in [2.75, 3.05) is 0 Å². The summed E-state index contributed by atoms with van der Waals surface area (Å²) in [5.41, 5.74) is 0.888. The molecule has 0 saturated heterocycles. The number of aromatic nitrogens is 2. The van der Waals surface area contributed by atoms with E-state index in [1.807, 2.05) is 0 Å². The van der Waals surface area contributed by atoms with Gasteiger partial charge >= 0.3 is 5.97 Å². The fourth-order valence-corrected chi connectivity index (χ4v) is 2.86. The van der Waals surface area contributed by atoms with Crippen molar-refractivity contribution in [3.63, 3.8) is 0 Å². The molecule has 19 heavy (non-hydrogen) atoms. The van der Waals surface area contributed by atoms with Gasteiger partial charge in [-0.15, -0.1) is 0 Å². The van der Waals surface area contributed by atoms with Crippen LogP contribution in [0.15, 0.2) is 6.20 Å². The quantitative estimate of drug-likeness (QED) is 0.889. The fourth-order valence-electron chi connectivity index (χ4n) is 2.86. The standard InChI is InChI=1S/C14H22N2O3/c1-3-10-6-4-5-7-13(10)19-9-12-11(14(17)18)8-15-16(12)2/h8,10,13H,3-7,9H2,1-2H3,(H,17,18). The average Bonchev–Trinajstić information content (AvgIpc) is 2.78. The summed E-state index contributed by atoms with van der Waals surface area (Å²) < 4.78 is 7.57. The van der Waals surface area contributed by atoms with E-state index >= 15 is 0 Å². The Bertz CT molecular complexity index is 442. The molecule has 1 aliphatic carbocycles. The zero-order valence-electron chi connectivity index (χ0n) is 11.6. The normalized spacial score (nSPS) is 23.5. The molecule has 1 heterocycles. The van der Waals surface area contributed by atoms with E-state index < -0.39 is 5.97 Å². The fraction of sp³-hybridized carbons (Fsp3) is 0.714. The van der Waals surface area contributed by atoms with Crippen LogP contribution < -0.4 is 0 Å². The highest BCUT2D eigenvalue weighted by atomic mass is 16.5. The van der Waals surface area contributed by atoms with Crippen molar-refractivity contribution in [2.45, 2.75) is 51.7 Å². The molecule has 0 aliphatic heterocycles. The second-order valence-electron chi connectivity index (χ2n) is 5.24. The Morgan fingerprint density at radius 1 is 1.53 bits per heavy atom. The van der Waals surface area contributed by atoms with Crippen LogP contribution in [0.25, 0.3) is 0 Å². The highest BCUT2D eigenvalue weighted by Gasteiger charge is 2.25. The van der Waals surface area contributed by atoms with Gasteiger partial charge < -0.3 is 9.84 Å². The van der Waals surface area contributed by atoms with Crippen molar-refractivity contribution < 1.29 is 14.6 Å². The van der Waals surface area contributed by atoms with E-state index in [-0.39, 0.29) is 11.7 Å². The summed E-state index contributed by atoms with van der Waals surface area (Å²) in [7, 11) is 1.75. The van der Waals surface area contributed by atoms with Crippen LogP contribution in [0.3, 0.4) is 0 Å². The van der Waals surface area contributed by atoms with Crippen LogP contribution in [-0.2, 0) is 18.4 Å². The van der Waals surface area contributed by atoms with Crippen molar-refractivity contribution in [1.29, 1.82) is 0 Å². The molecular formula is C14H22N2O3. The molecule has 0 radical (unpaired) electrons. The van der Waals surface area contributed by atoms with Crippen molar-refractivity contribution in [1.82, 2.24) is 9.78 Å². The van der Waals surface area contributed by atoms with Crippen LogP contribution in [0.1, 0.15) is 55.1 Å². The molecule has 0 amide bonds. The van der Waals surface area contributed by atoms with Crippen molar-refractivity contribution in [3.05, 3.63) is 17.5 Å². The first-order chi connectivity index (χ1) is 9.13. The summed E-state index contributed by atoms with van der Waals surface area (Å²) in [5, 5.41) is 13.1. The van der Waals surface area contributed by atoms with E-state index in [1.54, 1.807) is 11.7 Å². The zero-order chi connectivity index (χ0) is 13.8. The SMILES string of the molecule is CCC1CCCCC1OCc1c(C(=O)O)cnn1C. The van der Waals surface area contributed by atoms with E-state index in [1.165, 1.54) is 25.5 Å². The Morgan fingerprint density at radius 3 is 2.95 bits per heavy atom. The lowest BCUT2D eigenvalue weighted by molar-refractivity contribution is -0.0248. The minimum absolute atomic E-state index is 0.242. The van der Waals surface area contributed by atoms with Gasteiger partial charge in [-0.2, -0.15) is 5.10 Å². The Balaban J connectivity index is 2.01. The molecule has 1 N–H and O–H groups in total. The number of carboxylic acids is 1. The summed E-state index contributed by atoms with van der Waals surface area (Å²) >= 11 is 0. The molecule has 1 aromatic rings. The number of aryl methyl sites for hydroxylation is 1. The molecule has 5 nitrogen and oxygen atoms in total. The van der Waals surface area contributed by atoms with Crippen LogP contribution in [0.2, 0.25) is 0 Å². The molecule has 2 rings (SSSR count). The minimum atomic E-state index is -0.942. The lowest BCUT2D eigenvalue weighted by Gasteiger charge is -2.30. The van der Waals surface area contributed by atoms with Crippen LogP contribution in [0, 0.1) is 5.92 Å². The molecule has 5 heteroatoms. The van der Waals surface area contributed by atoms with Gasteiger partial charge in [0, 0.05) is 7.05 Å². The second-order valence-corrected chi connectivity index (χ2v) is 5.24. The van der Waals surface area contributed by atoms with Crippen molar-refractivity contribution in [2.24, 2.45) is 13.0 Å². The van der Waals surface area contributed by atoms with Crippen molar-refractivity contribution >= 4 is 5.97 Å². The van der Waals surface area contributed by atoms with Crippen LogP contribution in [0.5, 0.6) is 0 Å². The number of hydrogen-bond donors (Lipinski definition) is 1. The Kier molecular flexibility index (Phi) is 4.58. The summed E-state index contributed by atoms with van der Waals surface area (Å²) in [4.78, 5) is 11.1. The summed E-state index contributed by atoms with van der Waals surface area (Å²) in [6, 6.07) is 0. The van der Waals surface area contributed by atoms with Crippen LogP contribution in [0.4, 0.5) is 0 Å². The number of carbonyl (C=O) groups is 1. The maximum Gasteiger partial charge on any atom is 0.339 e. The van der Waals surface area contributed by atoms with E-state index in [2.05, 4.69) is 12.0 Å². The third-order valence-electron chi connectivity index (χ3n) is 4.09. The summed E-state index contributed by atoms with van der Waals surface area (Å²) in [6.45, 7) is 2.53. The third-order valence-corrected chi connectivity index (χ3v) is 4.09. The predicted molar refractivity (Wildman–Crippen MR) is 71.0 cm³/mol. The number of carboxylic acid groups (broad SMARTS) is 1. The van der Waals surface area contributed by atoms with Gasteiger partial charge in [0.1, 0.15) is 5.56 Å². The number of aromatic carboxylic acids is 1. The van der Waals surface area contributed by atoms with E-state index in [9.17, 15) is 4.79 Å². The lowest BCUT2D eigenvalue weighted by atomic mass is 9.85. The smallest absolute Gasteiger partial charge is 0.339 e. The van der Waals surface area contributed by atoms with Gasteiger partial charge in [-0.1, -0.05) is 26.2 Å². The molecule has 106 valence electrons. The third kappa shape index (κ3) is 3.15. The Hall–Kier alpha value is -1.36. The molecule has 0 spiro atoms. The Labute approximate surface area is 113 Å². The van der Waals surface area contributed by atoms with E-state index in [4.69, 9.17) is 9.84 Å². The maximum absolute atomic E-state index is 11.1. The van der Waals surface area contributed by atoms with Gasteiger partial charge in [0.05, 0.1) is 24.6 Å². The van der Waals surface area contributed by atoms with Crippen LogP contribution in [-0.4, -0.2) is 27.0 Å². The monoisotopic (exact) mass is 266 g/mol. The maximum atomic E-state index is 11.1. The van der Waals surface area contributed by atoms with Crippen LogP contribution >= 0.6 is 0 Å². The largest absolute Gasteiger partial charge is 0.478 e. The number of ether oxygens (including phenoxy) is 1. The molecule has 1 saturated carbocycles. The van der Waals surface area contributed by atoms with E-state index in [0.717, 1.165) is 12.8 Å². The molecule has 0 bridgehead atoms. The van der Waals surface area contributed by atoms with Gasteiger partial charge in [0.2, 0.25) is 0 Å². The molecule has 1 aromatic heterocycles. The number of nitrogens with zero attached hydrogens (tertiary/aromatic N) is 2. The molecule has 2 unspecified atom stereocenters. The molecule has 1 fully saturated rings. The first-order valence-corrected chi connectivity index (χ1v) is 6.99. The van der Waals surface area contributed by atoms with Gasteiger partial charge in [-0.05, 0) is 18.8 Å². The number of hydrogen-bond acceptors (Lipinski definition) is 3. The summed E-state index contributed by atoms with van der Waals surface area (Å²) in [5.74, 6) is -0.336.